The summed E-state index contributed by atoms with van der Waals surface area (Å²) < 4.78 is 11.3. The first-order valence-electron chi connectivity index (χ1n) is 7.74. The van der Waals surface area contributed by atoms with Gasteiger partial charge in [-0.05, 0) is 50.9 Å². The molecule has 1 aromatic rings. The Morgan fingerprint density at radius 2 is 1.80 bits per heavy atom. The molecule has 0 aromatic heterocycles. The summed E-state index contributed by atoms with van der Waals surface area (Å²) in [6, 6.07) is 6.75. The van der Waals surface area contributed by atoms with Crippen molar-refractivity contribution in [2.24, 2.45) is 5.92 Å². The summed E-state index contributed by atoms with van der Waals surface area (Å²) in [5.74, 6) is 0.590. The predicted molar refractivity (Wildman–Crippen MR) is 79.6 cm³/mol. The summed E-state index contributed by atoms with van der Waals surface area (Å²) in [6.45, 7) is 9.31. The molecule has 2 heterocycles. The minimum atomic E-state index is 0.0675. The zero-order chi connectivity index (χ0) is 13.9. The molecular weight excluding hydrogens is 250 g/mol. The summed E-state index contributed by atoms with van der Waals surface area (Å²) >= 11 is 0. The van der Waals surface area contributed by atoms with Crippen LogP contribution in [0, 0.1) is 19.8 Å². The van der Waals surface area contributed by atoms with Crippen LogP contribution in [0.1, 0.15) is 29.5 Å². The van der Waals surface area contributed by atoms with Crippen LogP contribution >= 0.6 is 0 Å². The van der Waals surface area contributed by atoms with Gasteiger partial charge in [0.25, 0.3) is 0 Å². The highest BCUT2D eigenvalue weighted by atomic mass is 16.7. The minimum Gasteiger partial charge on any atom is -0.350 e. The van der Waals surface area contributed by atoms with E-state index >= 15 is 0 Å². The van der Waals surface area contributed by atoms with Crippen LogP contribution in [0.5, 0.6) is 0 Å². The normalized spacial score (nSPS) is 22.5. The zero-order valence-corrected chi connectivity index (χ0v) is 12.6. The molecule has 20 heavy (non-hydrogen) atoms. The van der Waals surface area contributed by atoms with E-state index in [0.717, 1.165) is 32.8 Å². The third-order valence-corrected chi connectivity index (χ3v) is 4.56. The minimum absolute atomic E-state index is 0.0675. The second-order valence-corrected chi connectivity index (χ2v) is 6.15. The van der Waals surface area contributed by atoms with Crippen molar-refractivity contribution < 1.29 is 9.47 Å². The number of rotatable bonds is 3. The number of nitrogens with zero attached hydrogens (tertiary/aromatic N) is 1. The van der Waals surface area contributed by atoms with Gasteiger partial charge in [-0.2, -0.15) is 0 Å². The maximum atomic E-state index is 5.64. The molecule has 0 unspecified atom stereocenters. The molecule has 0 spiro atoms. The summed E-state index contributed by atoms with van der Waals surface area (Å²) in [6.07, 6.45) is 2.45. The SMILES string of the molecule is Cc1ccc(C)c(CN2CCC(C3OCCO3)CC2)c1. The molecule has 2 aliphatic rings. The third kappa shape index (κ3) is 3.22. The maximum absolute atomic E-state index is 5.64. The summed E-state index contributed by atoms with van der Waals surface area (Å²) in [5.41, 5.74) is 4.23. The Hall–Kier alpha value is -0.900. The lowest BCUT2D eigenvalue weighted by molar-refractivity contribution is -0.0978. The summed E-state index contributed by atoms with van der Waals surface area (Å²) in [4.78, 5) is 2.56. The number of hydrogen-bond donors (Lipinski definition) is 0. The average molecular weight is 275 g/mol. The average Bonchev–Trinajstić information content (AvgIpc) is 2.98. The third-order valence-electron chi connectivity index (χ3n) is 4.56. The van der Waals surface area contributed by atoms with E-state index in [9.17, 15) is 0 Å². The van der Waals surface area contributed by atoms with Crippen LogP contribution < -0.4 is 0 Å². The smallest absolute Gasteiger partial charge is 0.160 e. The highest BCUT2D eigenvalue weighted by molar-refractivity contribution is 5.30. The van der Waals surface area contributed by atoms with Crippen molar-refractivity contribution in [3.05, 3.63) is 34.9 Å². The lowest BCUT2D eigenvalue weighted by atomic mass is 9.95. The first-order valence-corrected chi connectivity index (χ1v) is 7.74. The second kappa shape index (κ2) is 6.25. The Labute approximate surface area is 121 Å². The molecule has 1 aromatic carbocycles. The van der Waals surface area contributed by atoms with E-state index in [1.54, 1.807) is 0 Å². The highest BCUT2D eigenvalue weighted by Gasteiger charge is 2.30. The fourth-order valence-corrected chi connectivity index (χ4v) is 3.24. The van der Waals surface area contributed by atoms with Crippen LogP contribution in [0.4, 0.5) is 0 Å². The number of benzene rings is 1. The van der Waals surface area contributed by atoms with Gasteiger partial charge in [0.2, 0.25) is 0 Å². The molecule has 2 saturated heterocycles. The van der Waals surface area contributed by atoms with Crippen LogP contribution in [0.2, 0.25) is 0 Å². The largest absolute Gasteiger partial charge is 0.350 e. The zero-order valence-electron chi connectivity index (χ0n) is 12.6. The van der Waals surface area contributed by atoms with Crippen molar-refractivity contribution in [3.8, 4) is 0 Å². The van der Waals surface area contributed by atoms with Gasteiger partial charge >= 0.3 is 0 Å². The summed E-state index contributed by atoms with van der Waals surface area (Å²) in [5, 5.41) is 0. The molecule has 110 valence electrons. The molecule has 3 rings (SSSR count). The van der Waals surface area contributed by atoms with E-state index in [4.69, 9.17) is 9.47 Å². The molecule has 0 aliphatic carbocycles. The fourth-order valence-electron chi connectivity index (χ4n) is 3.24. The van der Waals surface area contributed by atoms with Crippen molar-refractivity contribution >= 4 is 0 Å². The first-order chi connectivity index (χ1) is 9.72. The van der Waals surface area contributed by atoms with Gasteiger partial charge < -0.3 is 9.47 Å². The lowest BCUT2D eigenvalue weighted by Crippen LogP contribution is -2.37. The topological polar surface area (TPSA) is 21.7 Å². The predicted octanol–water partition coefficient (Wildman–Crippen LogP) is 2.89. The van der Waals surface area contributed by atoms with Crippen LogP contribution in [0.25, 0.3) is 0 Å². The molecule has 3 nitrogen and oxygen atoms in total. The van der Waals surface area contributed by atoms with Crippen molar-refractivity contribution in [1.29, 1.82) is 0 Å². The standard InChI is InChI=1S/C17H25NO2/c1-13-3-4-14(2)16(11-13)12-18-7-5-15(6-8-18)17-19-9-10-20-17/h3-4,11,15,17H,5-10,12H2,1-2H3. The van der Waals surface area contributed by atoms with Crippen molar-refractivity contribution in [3.63, 3.8) is 0 Å². The Balaban J connectivity index is 1.54. The van der Waals surface area contributed by atoms with Crippen LogP contribution in [0.15, 0.2) is 18.2 Å². The molecule has 3 heteroatoms. The van der Waals surface area contributed by atoms with Crippen LogP contribution in [-0.2, 0) is 16.0 Å². The van der Waals surface area contributed by atoms with Gasteiger partial charge in [-0.15, -0.1) is 0 Å². The summed E-state index contributed by atoms with van der Waals surface area (Å²) in [7, 11) is 0. The van der Waals surface area contributed by atoms with E-state index in [1.807, 2.05) is 0 Å². The van der Waals surface area contributed by atoms with E-state index in [0.29, 0.717) is 5.92 Å². The van der Waals surface area contributed by atoms with Gasteiger partial charge in [0.1, 0.15) is 0 Å². The van der Waals surface area contributed by atoms with E-state index in [-0.39, 0.29) is 6.29 Å². The Morgan fingerprint density at radius 1 is 1.10 bits per heavy atom. The number of hydrogen-bond acceptors (Lipinski definition) is 3. The van der Waals surface area contributed by atoms with Crippen molar-refractivity contribution in [2.45, 2.75) is 39.5 Å². The number of aryl methyl sites for hydroxylation is 2. The molecule has 2 aliphatic heterocycles. The number of piperidine rings is 1. The Kier molecular flexibility index (Phi) is 4.39. The number of likely N-dealkylation sites (tertiary alicyclic amines) is 1. The maximum Gasteiger partial charge on any atom is 0.160 e. The quantitative estimate of drug-likeness (QED) is 0.846. The molecule has 0 radical (unpaired) electrons. The van der Waals surface area contributed by atoms with Gasteiger partial charge in [0.05, 0.1) is 13.2 Å². The Bertz CT molecular complexity index is 446. The van der Waals surface area contributed by atoms with E-state index in [2.05, 4.69) is 36.9 Å². The molecule has 0 atom stereocenters. The highest BCUT2D eigenvalue weighted by Crippen LogP contribution is 2.27. The first kappa shape index (κ1) is 14.1. The molecule has 2 fully saturated rings. The van der Waals surface area contributed by atoms with Gasteiger partial charge in [0, 0.05) is 12.5 Å². The van der Waals surface area contributed by atoms with Gasteiger partial charge in [-0.25, -0.2) is 0 Å². The van der Waals surface area contributed by atoms with Crippen molar-refractivity contribution in [1.82, 2.24) is 4.90 Å². The van der Waals surface area contributed by atoms with Crippen molar-refractivity contribution in [2.75, 3.05) is 26.3 Å². The molecule has 0 amide bonds. The van der Waals surface area contributed by atoms with Crippen LogP contribution in [0.3, 0.4) is 0 Å². The van der Waals surface area contributed by atoms with Gasteiger partial charge in [0.15, 0.2) is 6.29 Å². The Morgan fingerprint density at radius 3 is 2.50 bits per heavy atom. The molecule has 0 bridgehead atoms. The number of ether oxygens (including phenoxy) is 2. The second-order valence-electron chi connectivity index (χ2n) is 6.15. The molecule has 0 saturated carbocycles. The van der Waals surface area contributed by atoms with E-state index in [1.165, 1.54) is 29.5 Å². The van der Waals surface area contributed by atoms with Gasteiger partial charge in [-0.1, -0.05) is 23.8 Å². The molecule has 0 N–H and O–H groups in total. The van der Waals surface area contributed by atoms with E-state index < -0.39 is 0 Å². The van der Waals surface area contributed by atoms with Crippen LogP contribution in [-0.4, -0.2) is 37.5 Å². The lowest BCUT2D eigenvalue weighted by Gasteiger charge is -2.34. The molecular formula is C17H25NO2. The monoisotopic (exact) mass is 275 g/mol. The fraction of sp³-hybridized carbons (Fsp3) is 0.647. The van der Waals surface area contributed by atoms with Gasteiger partial charge in [-0.3, -0.25) is 4.90 Å².